The molecular formula is C10H16N4O2. The number of aliphatic carboxylic acids is 1. The van der Waals surface area contributed by atoms with E-state index in [-0.39, 0.29) is 6.42 Å². The van der Waals surface area contributed by atoms with Gasteiger partial charge in [0.25, 0.3) is 0 Å². The summed E-state index contributed by atoms with van der Waals surface area (Å²) in [4.78, 5) is 18.6. The molecule has 1 heterocycles. The first kappa shape index (κ1) is 12.4. The lowest BCUT2D eigenvalue weighted by atomic mass is 10.1. The number of nitrogens with two attached hydrogens (primary N) is 1. The Kier molecular flexibility index (Phi) is 4.65. The topological polar surface area (TPSA) is 101 Å². The van der Waals surface area contributed by atoms with Gasteiger partial charge in [-0.15, -0.1) is 0 Å². The molecule has 0 aromatic carbocycles. The van der Waals surface area contributed by atoms with Crippen LogP contribution in [0.2, 0.25) is 0 Å². The van der Waals surface area contributed by atoms with Crippen molar-refractivity contribution < 1.29 is 9.90 Å². The first-order chi connectivity index (χ1) is 7.63. The molecule has 0 unspecified atom stereocenters. The Morgan fingerprint density at radius 1 is 1.56 bits per heavy atom. The molecule has 0 saturated carbocycles. The van der Waals surface area contributed by atoms with Crippen molar-refractivity contribution in [1.82, 2.24) is 9.97 Å². The summed E-state index contributed by atoms with van der Waals surface area (Å²) in [5.74, 6) is -0.395. The van der Waals surface area contributed by atoms with E-state index >= 15 is 0 Å². The van der Waals surface area contributed by atoms with E-state index in [1.165, 1.54) is 0 Å². The van der Waals surface area contributed by atoms with Gasteiger partial charge in [0.2, 0.25) is 5.95 Å². The largest absolute Gasteiger partial charge is 0.481 e. The van der Waals surface area contributed by atoms with Crippen molar-refractivity contribution in [2.75, 3.05) is 11.9 Å². The van der Waals surface area contributed by atoms with E-state index < -0.39 is 12.0 Å². The summed E-state index contributed by atoms with van der Waals surface area (Å²) >= 11 is 0. The minimum atomic E-state index is -0.930. The van der Waals surface area contributed by atoms with Crippen LogP contribution in [0.4, 0.5) is 5.95 Å². The molecule has 0 aliphatic rings. The fourth-order valence-corrected chi connectivity index (χ4v) is 1.16. The second-order valence-electron chi connectivity index (χ2n) is 3.47. The third kappa shape index (κ3) is 3.82. The van der Waals surface area contributed by atoms with Crippen LogP contribution in [0, 0.1) is 0 Å². The van der Waals surface area contributed by atoms with Crippen molar-refractivity contribution >= 4 is 11.9 Å². The predicted octanol–water partition coefficient (Wildman–Crippen LogP) is 0.773. The molecule has 1 atom stereocenters. The maximum Gasteiger partial charge on any atom is 0.305 e. The molecular weight excluding hydrogens is 208 g/mol. The molecule has 1 rings (SSSR count). The van der Waals surface area contributed by atoms with Crippen LogP contribution in [-0.2, 0) is 4.79 Å². The smallest absolute Gasteiger partial charge is 0.305 e. The second kappa shape index (κ2) is 6.02. The van der Waals surface area contributed by atoms with Crippen LogP contribution in [0.5, 0.6) is 0 Å². The molecule has 6 nitrogen and oxygen atoms in total. The van der Waals surface area contributed by atoms with Crippen LogP contribution in [0.1, 0.15) is 31.4 Å². The summed E-state index contributed by atoms with van der Waals surface area (Å²) in [5, 5.41) is 11.6. The van der Waals surface area contributed by atoms with Gasteiger partial charge in [0.1, 0.15) is 0 Å². The lowest BCUT2D eigenvalue weighted by molar-refractivity contribution is -0.137. The summed E-state index contributed by atoms with van der Waals surface area (Å²) in [6.45, 7) is 2.85. The normalized spacial score (nSPS) is 12.1. The molecule has 88 valence electrons. The Labute approximate surface area is 93.9 Å². The van der Waals surface area contributed by atoms with E-state index in [1.807, 2.05) is 6.92 Å². The number of anilines is 1. The summed E-state index contributed by atoms with van der Waals surface area (Å²) in [6, 6.07) is -0.558. The van der Waals surface area contributed by atoms with Crippen molar-refractivity contribution in [3.63, 3.8) is 0 Å². The molecule has 0 bridgehead atoms. The van der Waals surface area contributed by atoms with E-state index in [0.717, 1.165) is 13.0 Å². The number of hydrogen-bond donors (Lipinski definition) is 3. The Balaban J connectivity index is 2.59. The summed E-state index contributed by atoms with van der Waals surface area (Å²) in [6.07, 6.45) is 3.98. The van der Waals surface area contributed by atoms with Gasteiger partial charge in [-0.3, -0.25) is 4.79 Å². The molecule has 0 aliphatic heterocycles. The zero-order valence-electron chi connectivity index (χ0n) is 9.18. The van der Waals surface area contributed by atoms with E-state index in [0.29, 0.717) is 11.5 Å². The van der Waals surface area contributed by atoms with Gasteiger partial charge in [0.05, 0.1) is 6.42 Å². The number of hydrogen-bond acceptors (Lipinski definition) is 5. The summed E-state index contributed by atoms with van der Waals surface area (Å²) in [5.41, 5.74) is 6.29. The molecule has 0 amide bonds. The van der Waals surface area contributed by atoms with Crippen molar-refractivity contribution in [3.05, 3.63) is 18.0 Å². The number of nitrogens with zero attached hydrogens (tertiary/aromatic N) is 2. The number of carboxylic acids is 1. The van der Waals surface area contributed by atoms with E-state index in [4.69, 9.17) is 10.8 Å². The minimum absolute atomic E-state index is 0.120. The number of rotatable bonds is 6. The zero-order valence-corrected chi connectivity index (χ0v) is 9.18. The standard InChI is InChI=1S/C10H16N4O2/c1-2-3-12-10-13-5-7(6-14-10)8(11)4-9(15)16/h5-6,8H,2-4,11H2,1H3,(H,15,16)(H,12,13,14)/t8-/m1/s1. The number of carboxylic acid groups (broad SMARTS) is 1. The van der Waals surface area contributed by atoms with Gasteiger partial charge < -0.3 is 16.2 Å². The third-order valence-electron chi connectivity index (χ3n) is 2.03. The molecule has 6 heteroatoms. The highest BCUT2D eigenvalue weighted by Gasteiger charge is 2.11. The van der Waals surface area contributed by atoms with Crippen molar-refractivity contribution in [3.8, 4) is 0 Å². The van der Waals surface area contributed by atoms with Crippen LogP contribution in [0.25, 0.3) is 0 Å². The Bertz CT molecular complexity index is 339. The van der Waals surface area contributed by atoms with Crippen molar-refractivity contribution in [2.45, 2.75) is 25.8 Å². The van der Waals surface area contributed by atoms with Gasteiger partial charge in [-0.1, -0.05) is 6.92 Å². The molecule has 0 aliphatic carbocycles. The van der Waals surface area contributed by atoms with Gasteiger partial charge in [-0.05, 0) is 6.42 Å². The van der Waals surface area contributed by atoms with Gasteiger partial charge in [-0.25, -0.2) is 9.97 Å². The molecule has 1 aromatic heterocycles. The van der Waals surface area contributed by atoms with E-state index in [2.05, 4.69) is 15.3 Å². The molecule has 1 aromatic rings. The van der Waals surface area contributed by atoms with Crippen LogP contribution in [0.15, 0.2) is 12.4 Å². The first-order valence-corrected chi connectivity index (χ1v) is 5.16. The predicted molar refractivity (Wildman–Crippen MR) is 60.0 cm³/mol. The SMILES string of the molecule is CCCNc1ncc([C@H](N)CC(=O)O)cn1. The van der Waals surface area contributed by atoms with Gasteiger partial charge in [0, 0.05) is 30.5 Å². The molecule has 0 spiro atoms. The lowest BCUT2D eigenvalue weighted by Crippen LogP contribution is -2.16. The molecule has 16 heavy (non-hydrogen) atoms. The molecule has 0 radical (unpaired) electrons. The van der Waals surface area contributed by atoms with Crippen molar-refractivity contribution in [2.24, 2.45) is 5.73 Å². The highest BCUT2D eigenvalue weighted by Crippen LogP contribution is 2.12. The van der Waals surface area contributed by atoms with Crippen LogP contribution < -0.4 is 11.1 Å². The highest BCUT2D eigenvalue weighted by molar-refractivity contribution is 5.67. The molecule has 0 fully saturated rings. The average molecular weight is 224 g/mol. The van der Waals surface area contributed by atoms with E-state index in [9.17, 15) is 4.79 Å². The first-order valence-electron chi connectivity index (χ1n) is 5.16. The second-order valence-corrected chi connectivity index (χ2v) is 3.47. The average Bonchev–Trinajstić information content (AvgIpc) is 2.26. The monoisotopic (exact) mass is 224 g/mol. The maximum absolute atomic E-state index is 10.5. The summed E-state index contributed by atoms with van der Waals surface area (Å²) < 4.78 is 0. The van der Waals surface area contributed by atoms with Gasteiger partial charge >= 0.3 is 5.97 Å². The highest BCUT2D eigenvalue weighted by atomic mass is 16.4. The number of aromatic nitrogens is 2. The molecule has 4 N–H and O–H groups in total. The minimum Gasteiger partial charge on any atom is -0.481 e. The maximum atomic E-state index is 10.5. The Morgan fingerprint density at radius 3 is 2.69 bits per heavy atom. The van der Waals surface area contributed by atoms with Crippen LogP contribution >= 0.6 is 0 Å². The van der Waals surface area contributed by atoms with Crippen LogP contribution in [0.3, 0.4) is 0 Å². The number of carbonyl (C=O) groups is 1. The van der Waals surface area contributed by atoms with Crippen molar-refractivity contribution in [1.29, 1.82) is 0 Å². The Hall–Kier alpha value is -1.69. The lowest BCUT2D eigenvalue weighted by Gasteiger charge is -2.09. The number of nitrogens with one attached hydrogen (secondary N) is 1. The fraction of sp³-hybridized carbons (Fsp3) is 0.500. The molecule has 0 saturated heterocycles. The Morgan fingerprint density at radius 2 is 2.19 bits per heavy atom. The third-order valence-corrected chi connectivity index (χ3v) is 2.03. The van der Waals surface area contributed by atoms with Gasteiger partial charge in [0.15, 0.2) is 0 Å². The van der Waals surface area contributed by atoms with E-state index in [1.54, 1.807) is 12.4 Å². The summed E-state index contributed by atoms with van der Waals surface area (Å²) in [7, 11) is 0. The fourth-order valence-electron chi connectivity index (χ4n) is 1.16. The zero-order chi connectivity index (χ0) is 12.0. The quantitative estimate of drug-likeness (QED) is 0.659. The van der Waals surface area contributed by atoms with Crippen LogP contribution in [-0.4, -0.2) is 27.6 Å². The van der Waals surface area contributed by atoms with Gasteiger partial charge in [-0.2, -0.15) is 0 Å².